The molecule has 1 nitrogen and oxygen atoms in total. The van der Waals surface area contributed by atoms with Crippen molar-refractivity contribution < 1.29 is 0 Å². The van der Waals surface area contributed by atoms with Crippen LogP contribution in [0.15, 0.2) is 42.5 Å². The Morgan fingerprint density at radius 3 is 2.06 bits per heavy atom. The average Bonchev–Trinajstić information content (AvgIpc) is 2.37. The average molecular weight is 239 g/mol. The fourth-order valence-corrected chi connectivity index (χ4v) is 2.48. The van der Waals surface area contributed by atoms with Crippen molar-refractivity contribution in [2.75, 3.05) is 7.05 Å². The molecule has 0 spiro atoms. The zero-order chi connectivity index (χ0) is 13.1. The Balaban J connectivity index is 2.53. The molecule has 0 aliphatic rings. The molecule has 0 aliphatic heterocycles. The summed E-state index contributed by atoms with van der Waals surface area (Å²) < 4.78 is 0. The molecule has 1 N–H and O–H groups in total. The third kappa shape index (κ3) is 2.32. The second kappa shape index (κ2) is 5.36. The third-order valence-electron chi connectivity index (χ3n) is 3.75. The molecule has 0 saturated heterocycles. The Morgan fingerprint density at radius 2 is 1.39 bits per heavy atom. The number of benzene rings is 2. The summed E-state index contributed by atoms with van der Waals surface area (Å²) in [6.45, 7) is 6.54. The highest BCUT2D eigenvalue weighted by atomic mass is 14.9. The third-order valence-corrected chi connectivity index (χ3v) is 3.75. The van der Waals surface area contributed by atoms with Crippen LogP contribution in [0.2, 0.25) is 0 Å². The smallest absolute Gasteiger partial charge is 0.0579 e. The van der Waals surface area contributed by atoms with Crippen LogP contribution in [0.5, 0.6) is 0 Å². The largest absolute Gasteiger partial charge is 0.309 e. The monoisotopic (exact) mass is 239 g/mol. The van der Waals surface area contributed by atoms with E-state index in [2.05, 4.69) is 68.6 Å². The van der Waals surface area contributed by atoms with Gasteiger partial charge in [0.1, 0.15) is 0 Å². The van der Waals surface area contributed by atoms with Crippen LogP contribution < -0.4 is 5.32 Å². The van der Waals surface area contributed by atoms with Crippen LogP contribution >= 0.6 is 0 Å². The van der Waals surface area contributed by atoms with Gasteiger partial charge >= 0.3 is 0 Å². The maximum atomic E-state index is 3.44. The fraction of sp³-hybridized carbons (Fsp3) is 0.294. The standard InChI is InChI=1S/C17H21N/c1-12-9-7-11-16(14(12)3)17(18-4)15-10-6-5-8-13(15)2/h5-11,17-18H,1-4H3. The molecule has 1 unspecified atom stereocenters. The van der Waals surface area contributed by atoms with E-state index >= 15 is 0 Å². The molecule has 0 aromatic heterocycles. The van der Waals surface area contributed by atoms with E-state index in [9.17, 15) is 0 Å². The maximum Gasteiger partial charge on any atom is 0.0579 e. The second-order valence-electron chi connectivity index (χ2n) is 4.87. The molecule has 2 aromatic rings. The topological polar surface area (TPSA) is 12.0 Å². The summed E-state index contributed by atoms with van der Waals surface area (Å²) in [7, 11) is 2.03. The molecule has 0 saturated carbocycles. The lowest BCUT2D eigenvalue weighted by Gasteiger charge is -2.22. The predicted octanol–water partition coefficient (Wildman–Crippen LogP) is 3.92. The first-order chi connectivity index (χ1) is 8.65. The van der Waals surface area contributed by atoms with Crippen LogP contribution in [-0.4, -0.2) is 7.05 Å². The highest BCUT2D eigenvalue weighted by Gasteiger charge is 2.16. The van der Waals surface area contributed by atoms with Crippen molar-refractivity contribution in [1.82, 2.24) is 5.32 Å². The lowest BCUT2D eigenvalue weighted by Crippen LogP contribution is -2.19. The van der Waals surface area contributed by atoms with Crippen LogP contribution in [0.3, 0.4) is 0 Å². The van der Waals surface area contributed by atoms with Gasteiger partial charge in [-0.15, -0.1) is 0 Å². The molecule has 2 aromatic carbocycles. The molecule has 0 aliphatic carbocycles. The lowest BCUT2D eigenvalue weighted by molar-refractivity contribution is 0.682. The van der Waals surface area contributed by atoms with E-state index in [0.29, 0.717) is 0 Å². The van der Waals surface area contributed by atoms with Gasteiger partial charge in [0, 0.05) is 0 Å². The lowest BCUT2D eigenvalue weighted by atomic mass is 9.90. The van der Waals surface area contributed by atoms with Gasteiger partial charge in [0.05, 0.1) is 6.04 Å². The Bertz CT molecular complexity index is 543. The summed E-state index contributed by atoms with van der Waals surface area (Å²) >= 11 is 0. The molecule has 18 heavy (non-hydrogen) atoms. The molecular weight excluding hydrogens is 218 g/mol. The van der Waals surface area contributed by atoms with E-state index in [4.69, 9.17) is 0 Å². The Hall–Kier alpha value is -1.60. The van der Waals surface area contributed by atoms with Crippen molar-refractivity contribution in [1.29, 1.82) is 0 Å². The number of aryl methyl sites for hydroxylation is 2. The van der Waals surface area contributed by atoms with Crippen LogP contribution in [0, 0.1) is 20.8 Å². The number of rotatable bonds is 3. The number of hydrogen-bond acceptors (Lipinski definition) is 1. The van der Waals surface area contributed by atoms with Gasteiger partial charge in [-0.3, -0.25) is 0 Å². The molecule has 0 amide bonds. The highest BCUT2D eigenvalue weighted by molar-refractivity contribution is 5.42. The zero-order valence-corrected chi connectivity index (χ0v) is 11.6. The first kappa shape index (κ1) is 12.8. The zero-order valence-electron chi connectivity index (χ0n) is 11.6. The molecule has 94 valence electrons. The minimum Gasteiger partial charge on any atom is -0.309 e. The number of hydrogen-bond donors (Lipinski definition) is 1. The first-order valence-corrected chi connectivity index (χ1v) is 6.44. The van der Waals surface area contributed by atoms with Gasteiger partial charge in [0.25, 0.3) is 0 Å². The summed E-state index contributed by atoms with van der Waals surface area (Å²) in [4.78, 5) is 0. The Labute approximate surface area is 110 Å². The van der Waals surface area contributed by atoms with Crippen molar-refractivity contribution in [3.63, 3.8) is 0 Å². The predicted molar refractivity (Wildman–Crippen MR) is 78.0 cm³/mol. The van der Waals surface area contributed by atoms with E-state index < -0.39 is 0 Å². The van der Waals surface area contributed by atoms with Crippen molar-refractivity contribution >= 4 is 0 Å². The molecule has 1 heteroatoms. The minimum absolute atomic E-state index is 0.270. The molecule has 0 fully saturated rings. The van der Waals surface area contributed by atoms with Crippen LogP contribution in [0.4, 0.5) is 0 Å². The van der Waals surface area contributed by atoms with Gasteiger partial charge in [0.2, 0.25) is 0 Å². The molecular formula is C17H21N. The SMILES string of the molecule is CNC(c1ccccc1C)c1cccc(C)c1C. The van der Waals surface area contributed by atoms with Gasteiger partial charge < -0.3 is 5.32 Å². The summed E-state index contributed by atoms with van der Waals surface area (Å²) in [6, 6.07) is 15.4. The Morgan fingerprint density at radius 1 is 0.778 bits per heavy atom. The second-order valence-corrected chi connectivity index (χ2v) is 4.87. The van der Waals surface area contributed by atoms with Crippen LogP contribution in [-0.2, 0) is 0 Å². The normalized spacial score (nSPS) is 12.4. The molecule has 0 heterocycles. The fourth-order valence-electron chi connectivity index (χ4n) is 2.48. The summed E-state index contributed by atoms with van der Waals surface area (Å²) in [6.07, 6.45) is 0. The highest BCUT2D eigenvalue weighted by Crippen LogP contribution is 2.28. The summed E-state index contributed by atoms with van der Waals surface area (Å²) in [5, 5.41) is 3.44. The van der Waals surface area contributed by atoms with Gasteiger partial charge in [0.15, 0.2) is 0 Å². The maximum absolute atomic E-state index is 3.44. The molecule has 0 bridgehead atoms. The minimum atomic E-state index is 0.270. The van der Waals surface area contributed by atoms with E-state index in [1.807, 2.05) is 7.05 Å². The molecule has 0 radical (unpaired) electrons. The van der Waals surface area contributed by atoms with E-state index in [1.54, 1.807) is 0 Å². The molecule has 2 rings (SSSR count). The molecule has 1 atom stereocenters. The van der Waals surface area contributed by atoms with E-state index in [-0.39, 0.29) is 6.04 Å². The van der Waals surface area contributed by atoms with Gasteiger partial charge in [-0.2, -0.15) is 0 Å². The van der Waals surface area contributed by atoms with Crippen molar-refractivity contribution in [3.05, 3.63) is 70.3 Å². The van der Waals surface area contributed by atoms with Gasteiger partial charge in [-0.1, -0.05) is 42.5 Å². The summed E-state index contributed by atoms with van der Waals surface area (Å²) in [5.41, 5.74) is 6.78. The van der Waals surface area contributed by atoms with Crippen molar-refractivity contribution in [2.45, 2.75) is 26.8 Å². The van der Waals surface area contributed by atoms with Crippen LogP contribution in [0.25, 0.3) is 0 Å². The van der Waals surface area contributed by atoms with Crippen LogP contribution in [0.1, 0.15) is 33.9 Å². The quantitative estimate of drug-likeness (QED) is 0.856. The van der Waals surface area contributed by atoms with Gasteiger partial charge in [-0.25, -0.2) is 0 Å². The van der Waals surface area contributed by atoms with E-state index in [0.717, 1.165) is 0 Å². The number of nitrogens with one attached hydrogen (secondary N) is 1. The Kier molecular flexibility index (Phi) is 3.83. The van der Waals surface area contributed by atoms with Crippen molar-refractivity contribution in [2.24, 2.45) is 0 Å². The summed E-state index contributed by atoms with van der Waals surface area (Å²) in [5.74, 6) is 0. The first-order valence-electron chi connectivity index (χ1n) is 6.44. The van der Waals surface area contributed by atoms with E-state index in [1.165, 1.54) is 27.8 Å². The van der Waals surface area contributed by atoms with Crippen molar-refractivity contribution in [3.8, 4) is 0 Å². The van der Waals surface area contributed by atoms with Gasteiger partial charge in [-0.05, 0) is 55.6 Å².